The first-order valence-corrected chi connectivity index (χ1v) is 4.96. The predicted molar refractivity (Wildman–Crippen MR) is 50.5 cm³/mol. The van der Waals surface area contributed by atoms with Crippen molar-refractivity contribution in [1.82, 2.24) is 10.3 Å². The van der Waals surface area contributed by atoms with Crippen molar-refractivity contribution in [2.45, 2.75) is 19.8 Å². The second-order valence-electron chi connectivity index (χ2n) is 3.69. The fourth-order valence-electron chi connectivity index (χ4n) is 2.05. The Bertz CT molecular complexity index is 308. The SMILES string of the molecule is CCC1C(=O)NCC1Cc1cnco1. The molecule has 76 valence electrons. The van der Waals surface area contributed by atoms with Gasteiger partial charge in [-0.05, 0) is 12.3 Å². The van der Waals surface area contributed by atoms with Gasteiger partial charge in [-0.25, -0.2) is 4.98 Å². The Labute approximate surface area is 82.7 Å². The van der Waals surface area contributed by atoms with E-state index in [-0.39, 0.29) is 11.8 Å². The summed E-state index contributed by atoms with van der Waals surface area (Å²) < 4.78 is 5.17. The molecule has 0 spiro atoms. The number of amides is 1. The minimum atomic E-state index is 0.139. The lowest BCUT2D eigenvalue weighted by Crippen LogP contribution is -2.19. The summed E-state index contributed by atoms with van der Waals surface area (Å²) in [6, 6.07) is 0. The van der Waals surface area contributed by atoms with Crippen LogP contribution in [0, 0.1) is 11.8 Å². The monoisotopic (exact) mass is 194 g/mol. The van der Waals surface area contributed by atoms with Crippen molar-refractivity contribution in [3.63, 3.8) is 0 Å². The van der Waals surface area contributed by atoms with Crippen LogP contribution >= 0.6 is 0 Å². The molecule has 0 radical (unpaired) electrons. The van der Waals surface area contributed by atoms with E-state index in [1.165, 1.54) is 6.39 Å². The van der Waals surface area contributed by atoms with E-state index < -0.39 is 0 Å². The molecule has 4 heteroatoms. The van der Waals surface area contributed by atoms with E-state index in [4.69, 9.17) is 4.42 Å². The molecule has 1 amide bonds. The summed E-state index contributed by atoms with van der Waals surface area (Å²) in [6.45, 7) is 2.81. The van der Waals surface area contributed by atoms with Crippen LogP contribution in [0.25, 0.3) is 0 Å². The van der Waals surface area contributed by atoms with E-state index in [0.717, 1.165) is 25.1 Å². The van der Waals surface area contributed by atoms with Gasteiger partial charge >= 0.3 is 0 Å². The number of carbonyl (C=O) groups excluding carboxylic acids is 1. The molecular formula is C10H14N2O2. The number of oxazole rings is 1. The smallest absolute Gasteiger partial charge is 0.223 e. The molecule has 2 heterocycles. The second kappa shape index (κ2) is 3.82. The molecule has 1 fully saturated rings. The van der Waals surface area contributed by atoms with E-state index in [9.17, 15) is 4.79 Å². The molecule has 1 aromatic heterocycles. The number of nitrogens with one attached hydrogen (secondary N) is 1. The zero-order valence-corrected chi connectivity index (χ0v) is 8.19. The number of carbonyl (C=O) groups is 1. The molecule has 14 heavy (non-hydrogen) atoms. The molecule has 1 aliphatic rings. The van der Waals surface area contributed by atoms with Gasteiger partial charge in [-0.15, -0.1) is 0 Å². The molecule has 0 bridgehead atoms. The topological polar surface area (TPSA) is 55.1 Å². The molecule has 2 unspecified atom stereocenters. The Morgan fingerprint density at radius 2 is 2.57 bits per heavy atom. The minimum absolute atomic E-state index is 0.139. The number of hydrogen-bond acceptors (Lipinski definition) is 3. The third-order valence-electron chi connectivity index (χ3n) is 2.83. The summed E-state index contributed by atoms with van der Waals surface area (Å²) in [5.41, 5.74) is 0. The van der Waals surface area contributed by atoms with E-state index in [0.29, 0.717) is 5.92 Å². The Balaban J connectivity index is 2.01. The second-order valence-corrected chi connectivity index (χ2v) is 3.69. The normalized spacial score (nSPS) is 26.5. The highest BCUT2D eigenvalue weighted by Gasteiger charge is 2.33. The highest BCUT2D eigenvalue weighted by Crippen LogP contribution is 2.24. The average molecular weight is 194 g/mol. The summed E-state index contributed by atoms with van der Waals surface area (Å²) in [5, 5.41) is 2.88. The van der Waals surface area contributed by atoms with Crippen LogP contribution in [0.15, 0.2) is 17.0 Å². The molecule has 1 aromatic rings. The van der Waals surface area contributed by atoms with Crippen LogP contribution < -0.4 is 5.32 Å². The van der Waals surface area contributed by atoms with Gasteiger partial charge in [0.1, 0.15) is 5.76 Å². The largest absolute Gasteiger partial charge is 0.449 e. The predicted octanol–water partition coefficient (Wildman–Crippen LogP) is 0.989. The third kappa shape index (κ3) is 1.64. The standard InChI is InChI=1S/C10H14N2O2/c1-2-9-7(4-12-10(9)13)3-8-5-11-6-14-8/h5-7,9H,2-4H2,1H3,(H,12,13). The van der Waals surface area contributed by atoms with Crippen LogP contribution in [0.5, 0.6) is 0 Å². The van der Waals surface area contributed by atoms with E-state index in [1.807, 2.05) is 6.92 Å². The van der Waals surface area contributed by atoms with Gasteiger partial charge in [0.2, 0.25) is 5.91 Å². The van der Waals surface area contributed by atoms with Gasteiger partial charge < -0.3 is 9.73 Å². The zero-order valence-electron chi connectivity index (χ0n) is 8.19. The Hall–Kier alpha value is -1.32. The lowest BCUT2D eigenvalue weighted by molar-refractivity contribution is -0.123. The van der Waals surface area contributed by atoms with Crippen LogP contribution in [0.4, 0.5) is 0 Å². The highest BCUT2D eigenvalue weighted by molar-refractivity contribution is 5.81. The van der Waals surface area contributed by atoms with Crippen molar-refractivity contribution in [3.05, 3.63) is 18.4 Å². The minimum Gasteiger partial charge on any atom is -0.449 e. The zero-order chi connectivity index (χ0) is 9.97. The van der Waals surface area contributed by atoms with Crippen LogP contribution in [-0.2, 0) is 11.2 Å². The third-order valence-corrected chi connectivity index (χ3v) is 2.83. The number of hydrogen-bond donors (Lipinski definition) is 1. The quantitative estimate of drug-likeness (QED) is 0.780. The first-order valence-electron chi connectivity index (χ1n) is 4.96. The van der Waals surface area contributed by atoms with Crippen molar-refractivity contribution >= 4 is 5.91 Å². The molecule has 1 aliphatic heterocycles. The molecule has 1 saturated heterocycles. The highest BCUT2D eigenvalue weighted by atomic mass is 16.3. The summed E-state index contributed by atoms with van der Waals surface area (Å²) in [5.74, 6) is 1.54. The molecule has 0 aliphatic carbocycles. The average Bonchev–Trinajstić information content (AvgIpc) is 2.77. The van der Waals surface area contributed by atoms with E-state index in [1.54, 1.807) is 6.20 Å². The summed E-state index contributed by atoms with van der Waals surface area (Å²) >= 11 is 0. The van der Waals surface area contributed by atoms with Gasteiger partial charge in [0.15, 0.2) is 6.39 Å². The summed E-state index contributed by atoms with van der Waals surface area (Å²) in [7, 11) is 0. The van der Waals surface area contributed by atoms with Gasteiger partial charge in [0, 0.05) is 18.9 Å². The Morgan fingerprint density at radius 1 is 1.71 bits per heavy atom. The van der Waals surface area contributed by atoms with Crippen molar-refractivity contribution in [2.24, 2.45) is 11.8 Å². The first kappa shape index (κ1) is 9.24. The molecule has 4 nitrogen and oxygen atoms in total. The lowest BCUT2D eigenvalue weighted by Gasteiger charge is -2.12. The molecule has 0 saturated carbocycles. The molecule has 0 aromatic carbocycles. The molecule has 1 N–H and O–H groups in total. The Kier molecular flexibility index (Phi) is 2.52. The maximum absolute atomic E-state index is 11.4. The molecule has 2 rings (SSSR count). The Morgan fingerprint density at radius 3 is 3.21 bits per heavy atom. The molecule has 2 atom stereocenters. The van der Waals surface area contributed by atoms with Crippen molar-refractivity contribution in [1.29, 1.82) is 0 Å². The van der Waals surface area contributed by atoms with Crippen LogP contribution in [0.2, 0.25) is 0 Å². The number of nitrogens with zero attached hydrogens (tertiary/aromatic N) is 1. The lowest BCUT2D eigenvalue weighted by atomic mass is 9.90. The van der Waals surface area contributed by atoms with Gasteiger partial charge in [0.05, 0.1) is 6.20 Å². The molecular weight excluding hydrogens is 180 g/mol. The van der Waals surface area contributed by atoms with Crippen molar-refractivity contribution < 1.29 is 9.21 Å². The van der Waals surface area contributed by atoms with Gasteiger partial charge in [-0.1, -0.05) is 6.92 Å². The van der Waals surface area contributed by atoms with Crippen molar-refractivity contribution in [3.8, 4) is 0 Å². The fraction of sp³-hybridized carbons (Fsp3) is 0.600. The maximum Gasteiger partial charge on any atom is 0.223 e. The maximum atomic E-state index is 11.4. The van der Waals surface area contributed by atoms with Crippen LogP contribution in [0.3, 0.4) is 0 Å². The van der Waals surface area contributed by atoms with Crippen LogP contribution in [-0.4, -0.2) is 17.4 Å². The van der Waals surface area contributed by atoms with Gasteiger partial charge in [-0.2, -0.15) is 0 Å². The van der Waals surface area contributed by atoms with Gasteiger partial charge in [-0.3, -0.25) is 4.79 Å². The van der Waals surface area contributed by atoms with Crippen LogP contribution in [0.1, 0.15) is 19.1 Å². The van der Waals surface area contributed by atoms with E-state index in [2.05, 4.69) is 10.3 Å². The van der Waals surface area contributed by atoms with E-state index >= 15 is 0 Å². The van der Waals surface area contributed by atoms with Crippen molar-refractivity contribution in [2.75, 3.05) is 6.54 Å². The number of rotatable bonds is 3. The summed E-state index contributed by atoms with van der Waals surface area (Å²) in [6.07, 6.45) is 4.85. The fourth-order valence-corrected chi connectivity index (χ4v) is 2.05. The first-order chi connectivity index (χ1) is 6.81. The summed E-state index contributed by atoms with van der Waals surface area (Å²) in [4.78, 5) is 15.2. The van der Waals surface area contributed by atoms with Gasteiger partial charge in [0.25, 0.3) is 0 Å². The number of aromatic nitrogens is 1.